The number of carbonyl (C=O) groups excluding carboxylic acids is 2. The molecule has 4 rings (SSSR count). The first-order valence-corrected chi connectivity index (χ1v) is 11.6. The lowest BCUT2D eigenvalue weighted by atomic mass is 9.83. The fraction of sp³-hybridized carbons (Fsp3) is 0.474. The number of nitrogens with zero attached hydrogens (tertiary/aromatic N) is 3. The van der Waals surface area contributed by atoms with Gasteiger partial charge in [-0.15, -0.1) is 11.8 Å². The summed E-state index contributed by atoms with van der Waals surface area (Å²) in [5, 5.41) is 6.43. The van der Waals surface area contributed by atoms with Crippen LogP contribution in [0.15, 0.2) is 58.1 Å². The molecule has 0 radical (unpaired) electrons. The third-order valence-electron chi connectivity index (χ3n) is 5.55. The first-order valence-electron chi connectivity index (χ1n) is 9.13. The van der Waals surface area contributed by atoms with Gasteiger partial charge in [0.05, 0.1) is 11.4 Å². The fourth-order valence-electron chi connectivity index (χ4n) is 4.20. The number of β-lactam (4-membered cyclic amide) rings is 1. The third kappa shape index (κ3) is 2.68. The van der Waals surface area contributed by atoms with E-state index in [2.05, 4.69) is 16.8 Å². The number of sulfone groups is 1. The summed E-state index contributed by atoms with van der Waals surface area (Å²) in [7, 11) is -3.85. The summed E-state index contributed by atoms with van der Waals surface area (Å²) in [5.41, 5.74) is -1.51. The smallest absolute Gasteiger partial charge is 0.330 e. The molecule has 1 spiro atoms. The maximum Gasteiger partial charge on any atom is 0.330 e. The van der Waals surface area contributed by atoms with Crippen LogP contribution in [-0.2, 0) is 24.2 Å². The van der Waals surface area contributed by atoms with Crippen molar-refractivity contribution >= 4 is 33.5 Å². The van der Waals surface area contributed by atoms with E-state index in [1.165, 1.54) is 34.9 Å². The van der Waals surface area contributed by atoms with Crippen LogP contribution in [0, 0.1) is 0 Å². The Morgan fingerprint density at radius 1 is 1.38 bits per heavy atom. The predicted molar refractivity (Wildman–Crippen MR) is 107 cm³/mol. The summed E-state index contributed by atoms with van der Waals surface area (Å²) >= 11 is 1.36. The molecule has 0 bridgehead atoms. The molecular weight excluding hydrogens is 414 g/mol. The SMILES string of the molecule is C=CCOC(=O)[C@@H]1N2C(=O)[C@]3(N=NC[C@@H]3S(=O)(=O)c3ccccc3)[C@H]2SC1(C)C. The molecule has 0 N–H and O–H groups in total. The molecule has 1 aromatic rings. The number of rotatable bonds is 5. The molecule has 4 atom stereocenters. The Hall–Kier alpha value is -2.20. The van der Waals surface area contributed by atoms with E-state index >= 15 is 0 Å². The van der Waals surface area contributed by atoms with E-state index in [4.69, 9.17) is 4.74 Å². The van der Waals surface area contributed by atoms with Crippen LogP contribution in [0.3, 0.4) is 0 Å². The molecule has 1 aromatic carbocycles. The van der Waals surface area contributed by atoms with Crippen LogP contribution >= 0.6 is 11.8 Å². The summed E-state index contributed by atoms with van der Waals surface area (Å²) in [6.07, 6.45) is 1.46. The number of hydrogen-bond donors (Lipinski definition) is 0. The first kappa shape index (κ1) is 20.1. The number of amides is 1. The molecule has 29 heavy (non-hydrogen) atoms. The summed E-state index contributed by atoms with van der Waals surface area (Å²) in [6.45, 7) is 7.16. The Bertz CT molecular complexity index is 1010. The highest BCUT2D eigenvalue weighted by molar-refractivity contribution is 8.01. The molecule has 2 saturated heterocycles. The highest BCUT2D eigenvalue weighted by Crippen LogP contribution is 2.59. The standard InChI is InChI=1S/C19H21N3O5S2/c1-4-10-27-15(23)14-18(2,3)28-17-19(16(24)22(14)17)13(11-20-21-19)29(25,26)12-8-6-5-7-9-12/h4-9,13-14,17H,1,10-11H2,2-3H3/t13-,14-,17+,19-/m0/s1. The van der Waals surface area contributed by atoms with E-state index < -0.39 is 48.7 Å². The zero-order chi connectivity index (χ0) is 21.0. The molecule has 8 nitrogen and oxygen atoms in total. The van der Waals surface area contributed by atoms with Gasteiger partial charge in [-0.05, 0) is 26.0 Å². The zero-order valence-electron chi connectivity index (χ0n) is 16.0. The number of esters is 1. The molecule has 0 aliphatic carbocycles. The van der Waals surface area contributed by atoms with Gasteiger partial charge in [0.1, 0.15) is 23.3 Å². The molecule has 154 valence electrons. The minimum absolute atomic E-state index is 0.0403. The van der Waals surface area contributed by atoms with E-state index in [9.17, 15) is 18.0 Å². The van der Waals surface area contributed by atoms with Gasteiger partial charge in [0.25, 0.3) is 5.91 Å². The van der Waals surface area contributed by atoms with Gasteiger partial charge in [-0.3, -0.25) is 4.79 Å². The molecule has 2 fully saturated rings. The number of hydrogen-bond acceptors (Lipinski definition) is 8. The summed E-state index contributed by atoms with van der Waals surface area (Å²) in [5.74, 6) is -1.03. The molecule has 0 saturated carbocycles. The molecule has 1 amide bonds. The largest absolute Gasteiger partial charge is 0.460 e. The van der Waals surface area contributed by atoms with E-state index in [1.54, 1.807) is 18.2 Å². The Balaban J connectivity index is 1.70. The average molecular weight is 436 g/mol. The second kappa shape index (κ2) is 6.66. The van der Waals surface area contributed by atoms with Crippen LogP contribution in [0.25, 0.3) is 0 Å². The minimum Gasteiger partial charge on any atom is -0.460 e. The van der Waals surface area contributed by atoms with E-state index in [1.807, 2.05) is 13.8 Å². The Morgan fingerprint density at radius 2 is 2.07 bits per heavy atom. The average Bonchev–Trinajstić information content (AvgIpc) is 3.26. The maximum absolute atomic E-state index is 13.3. The molecule has 3 aliphatic rings. The lowest BCUT2D eigenvalue weighted by Gasteiger charge is -2.50. The van der Waals surface area contributed by atoms with Gasteiger partial charge in [0.15, 0.2) is 9.84 Å². The van der Waals surface area contributed by atoms with Crippen molar-refractivity contribution in [2.75, 3.05) is 13.2 Å². The predicted octanol–water partition coefficient (Wildman–Crippen LogP) is 1.82. The van der Waals surface area contributed by atoms with Gasteiger partial charge in [-0.2, -0.15) is 10.2 Å². The summed E-state index contributed by atoms with van der Waals surface area (Å²) < 4.78 is 31.1. The van der Waals surface area contributed by atoms with Crippen LogP contribution in [0.4, 0.5) is 0 Å². The van der Waals surface area contributed by atoms with Gasteiger partial charge in [-0.1, -0.05) is 30.9 Å². The molecule has 10 heteroatoms. The van der Waals surface area contributed by atoms with Gasteiger partial charge in [0.2, 0.25) is 5.54 Å². The summed E-state index contributed by atoms with van der Waals surface area (Å²) in [4.78, 5) is 27.4. The van der Waals surface area contributed by atoms with Crippen molar-refractivity contribution in [3.63, 3.8) is 0 Å². The summed E-state index contributed by atoms with van der Waals surface area (Å²) in [6, 6.07) is 7.18. The van der Waals surface area contributed by atoms with Crippen LogP contribution in [0.1, 0.15) is 13.8 Å². The highest BCUT2D eigenvalue weighted by Gasteiger charge is 2.77. The van der Waals surface area contributed by atoms with Crippen molar-refractivity contribution in [2.24, 2.45) is 10.2 Å². The van der Waals surface area contributed by atoms with Gasteiger partial charge in [-0.25, -0.2) is 13.2 Å². The number of fused-ring (bicyclic) bond motifs is 2. The monoisotopic (exact) mass is 435 g/mol. The minimum atomic E-state index is -3.85. The molecular formula is C19H21N3O5S2. The second-order valence-corrected chi connectivity index (χ2v) is 11.6. The second-order valence-electron chi connectivity index (χ2n) is 7.70. The lowest BCUT2D eigenvalue weighted by molar-refractivity contribution is -0.167. The quantitative estimate of drug-likeness (QED) is 0.397. The number of carbonyl (C=O) groups is 2. The van der Waals surface area contributed by atoms with E-state index in [0.29, 0.717) is 0 Å². The number of ether oxygens (including phenoxy) is 1. The van der Waals surface area contributed by atoms with Crippen molar-refractivity contribution in [3.8, 4) is 0 Å². The molecule has 3 heterocycles. The fourth-order valence-corrected chi connectivity index (χ4v) is 7.90. The van der Waals surface area contributed by atoms with E-state index in [0.717, 1.165) is 0 Å². The molecule has 0 aromatic heterocycles. The van der Waals surface area contributed by atoms with Crippen LogP contribution < -0.4 is 0 Å². The van der Waals surface area contributed by atoms with Crippen LogP contribution in [-0.4, -0.2) is 65.3 Å². The van der Waals surface area contributed by atoms with Crippen LogP contribution in [0.5, 0.6) is 0 Å². The van der Waals surface area contributed by atoms with Gasteiger partial charge in [0, 0.05) is 4.75 Å². The normalized spacial score (nSPS) is 32.1. The van der Waals surface area contributed by atoms with Crippen molar-refractivity contribution in [1.29, 1.82) is 0 Å². The third-order valence-corrected chi connectivity index (χ3v) is 9.37. The van der Waals surface area contributed by atoms with Crippen molar-refractivity contribution in [3.05, 3.63) is 43.0 Å². The zero-order valence-corrected chi connectivity index (χ0v) is 17.6. The highest BCUT2D eigenvalue weighted by atomic mass is 32.2. The van der Waals surface area contributed by atoms with E-state index in [-0.39, 0.29) is 18.0 Å². The maximum atomic E-state index is 13.3. The number of thioether (sulfide) groups is 1. The topological polar surface area (TPSA) is 105 Å². The van der Waals surface area contributed by atoms with Crippen molar-refractivity contribution < 1.29 is 22.7 Å². The Morgan fingerprint density at radius 3 is 2.72 bits per heavy atom. The van der Waals surface area contributed by atoms with Crippen molar-refractivity contribution in [1.82, 2.24) is 4.90 Å². The van der Waals surface area contributed by atoms with Crippen molar-refractivity contribution in [2.45, 2.75) is 45.7 Å². The molecule has 0 unspecified atom stereocenters. The lowest BCUT2D eigenvalue weighted by Crippen LogP contribution is -2.77. The first-order chi connectivity index (χ1) is 13.7. The Labute approximate surface area is 173 Å². The Kier molecular flexibility index (Phi) is 4.62. The number of benzene rings is 1. The molecule has 3 aliphatic heterocycles. The number of azo groups is 1. The van der Waals surface area contributed by atoms with Gasteiger partial charge >= 0.3 is 5.97 Å². The van der Waals surface area contributed by atoms with Gasteiger partial charge < -0.3 is 9.64 Å². The van der Waals surface area contributed by atoms with Crippen LogP contribution in [0.2, 0.25) is 0 Å².